The van der Waals surface area contributed by atoms with Crippen LogP contribution in [0.5, 0.6) is 17.2 Å². The number of amides is 1. The maximum absolute atomic E-state index is 12.4. The molecule has 4 rings (SSSR count). The Kier molecular flexibility index (Phi) is 4.19. The molecule has 0 atom stereocenters. The van der Waals surface area contributed by atoms with E-state index in [9.17, 15) is 4.79 Å². The number of hydrogen-bond donors (Lipinski definition) is 3. The molecule has 27 heavy (non-hydrogen) atoms. The molecule has 0 saturated carbocycles. The lowest BCUT2D eigenvalue weighted by molar-refractivity contribution is 0.0963. The van der Waals surface area contributed by atoms with Gasteiger partial charge in [0.2, 0.25) is 0 Å². The molecular formula is C20H20N4O3. The number of nitrogens with zero attached hydrogens (tertiary/aromatic N) is 1. The van der Waals surface area contributed by atoms with Crippen LogP contribution in [0.1, 0.15) is 21.6 Å². The molecule has 1 aromatic carbocycles. The van der Waals surface area contributed by atoms with Crippen LogP contribution in [-0.2, 0) is 0 Å². The van der Waals surface area contributed by atoms with Crippen molar-refractivity contribution < 1.29 is 14.3 Å². The average Bonchev–Trinajstić information content (AvgIpc) is 2.71. The van der Waals surface area contributed by atoms with E-state index >= 15 is 0 Å². The number of carbonyl (C=O) groups excluding carboxylic acids is 1. The van der Waals surface area contributed by atoms with Gasteiger partial charge in [0.25, 0.3) is 5.91 Å². The van der Waals surface area contributed by atoms with Gasteiger partial charge in [0.05, 0.1) is 18.4 Å². The van der Waals surface area contributed by atoms with E-state index in [4.69, 9.17) is 9.47 Å². The van der Waals surface area contributed by atoms with Gasteiger partial charge in [-0.05, 0) is 36.9 Å². The van der Waals surface area contributed by atoms with Crippen LogP contribution in [0.4, 0.5) is 11.4 Å². The van der Waals surface area contributed by atoms with Crippen LogP contribution in [0, 0.1) is 6.92 Å². The molecular weight excluding hydrogens is 344 g/mol. The monoisotopic (exact) mass is 364 g/mol. The summed E-state index contributed by atoms with van der Waals surface area (Å²) in [6.07, 6.45) is 7.33. The highest BCUT2D eigenvalue weighted by atomic mass is 16.5. The van der Waals surface area contributed by atoms with Crippen LogP contribution in [0.25, 0.3) is 5.57 Å². The zero-order valence-corrected chi connectivity index (χ0v) is 15.3. The number of allylic oxidation sites excluding steroid dienone is 2. The molecule has 3 heterocycles. The van der Waals surface area contributed by atoms with Crippen molar-refractivity contribution in [2.24, 2.45) is 0 Å². The van der Waals surface area contributed by atoms with Crippen molar-refractivity contribution in [3.05, 3.63) is 53.5 Å². The van der Waals surface area contributed by atoms with E-state index in [1.165, 1.54) is 0 Å². The Bertz CT molecular complexity index is 995. The number of hydrogen-bond acceptors (Lipinski definition) is 6. The average molecular weight is 364 g/mol. The summed E-state index contributed by atoms with van der Waals surface area (Å²) in [4.78, 5) is 16.9. The van der Waals surface area contributed by atoms with Crippen LogP contribution in [-0.4, -0.2) is 31.6 Å². The Balaban J connectivity index is 1.91. The number of carbonyl (C=O) groups is 1. The SMILES string of the molecule is CNC(=O)c1cnc(C2=CC=CNC2)c2c1Nc1c(OC)cc(C)cc1O2. The van der Waals surface area contributed by atoms with E-state index in [2.05, 4.69) is 20.9 Å². The number of rotatable bonds is 3. The lowest BCUT2D eigenvalue weighted by Gasteiger charge is -2.27. The van der Waals surface area contributed by atoms with Crippen molar-refractivity contribution in [3.63, 3.8) is 0 Å². The van der Waals surface area contributed by atoms with Gasteiger partial charge in [0, 0.05) is 25.4 Å². The fourth-order valence-electron chi connectivity index (χ4n) is 3.20. The fourth-order valence-corrected chi connectivity index (χ4v) is 3.20. The predicted octanol–water partition coefficient (Wildman–Crippen LogP) is 3.11. The lowest BCUT2D eigenvalue weighted by atomic mass is 10.0. The first-order valence-corrected chi connectivity index (χ1v) is 8.60. The second-order valence-electron chi connectivity index (χ2n) is 6.30. The fraction of sp³-hybridized carbons (Fsp3) is 0.200. The third kappa shape index (κ3) is 2.87. The molecule has 3 N–H and O–H groups in total. The standard InChI is InChI=1S/C20H20N4O3/c1-11-7-14(26-3)18-15(8-11)27-19-16(12-5-4-6-22-9-12)23-10-13(17(19)24-18)20(25)21-2/h4-8,10,22,24H,9H2,1-3H3,(H,21,25). The summed E-state index contributed by atoms with van der Waals surface area (Å²) in [5.74, 6) is 1.57. The number of aromatic nitrogens is 1. The van der Waals surface area contributed by atoms with Gasteiger partial charge in [0.15, 0.2) is 11.5 Å². The van der Waals surface area contributed by atoms with Gasteiger partial charge >= 0.3 is 0 Å². The summed E-state index contributed by atoms with van der Waals surface area (Å²) >= 11 is 0. The van der Waals surface area contributed by atoms with E-state index < -0.39 is 0 Å². The molecule has 0 aliphatic carbocycles. The van der Waals surface area contributed by atoms with Crippen molar-refractivity contribution in [2.75, 3.05) is 26.0 Å². The number of fused-ring (bicyclic) bond motifs is 2. The minimum atomic E-state index is -0.244. The minimum Gasteiger partial charge on any atom is -0.494 e. The number of anilines is 2. The zero-order chi connectivity index (χ0) is 19.0. The quantitative estimate of drug-likeness (QED) is 0.662. The molecule has 0 spiro atoms. The molecule has 138 valence electrons. The lowest BCUT2D eigenvalue weighted by Crippen LogP contribution is -2.22. The van der Waals surface area contributed by atoms with Crippen molar-refractivity contribution in [3.8, 4) is 17.2 Å². The second-order valence-corrected chi connectivity index (χ2v) is 6.30. The van der Waals surface area contributed by atoms with Gasteiger partial charge in [-0.25, -0.2) is 0 Å². The Hall–Kier alpha value is -3.48. The maximum Gasteiger partial charge on any atom is 0.254 e. The summed E-state index contributed by atoms with van der Waals surface area (Å²) in [6, 6.07) is 3.85. The number of pyridine rings is 1. The molecule has 0 bridgehead atoms. The van der Waals surface area contributed by atoms with Crippen LogP contribution >= 0.6 is 0 Å². The van der Waals surface area contributed by atoms with Crippen molar-refractivity contribution in [1.82, 2.24) is 15.6 Å². The van der Waals surface area contributed by atoms with Crippen LogP contribution in [0.3, 0.4) is 0 Å². The Morgan fingerprint density at radius 3 is 2.89 bits per heavy atom. The highest BCUT2D eigenvalue weighted by molar-refractivity contribution is 6.03. The molecule has 2 aliphatic heterocycles. The third-order valence-corrected chi connectivity index (χ3v) is 4.51. The Morgan fingerprint density at radius 2 is 2.19 bits per heavy atom. The van der Waals surface area contributed by atoms with E-state index in [-0.39, 0.29) is 5.91 Å². The van der Waals surface area contributed by atoms with Gasteiger partial charge in [-0.15, -0.1) is 0 Å². The topological polar surface area (TPSA) is 84.5 Å². The summed E-state index contributed by atoms with van der Waals surface area (Å²) in [7, 11) is 3.19. The summed E-state index contributed by atoms with van der Waals surface area (Å²) in [5, 5.41) is 9.15. The molecule has 0 radical (unpaired) electrons. The van der Waals surface area contributed by atoms with E-state index in [1.54, 1.807) is 20.4 Å². The van der Waals surface area contributed by atoms with Gasteiger partial charge in [-0.3, -0.25) is 9.78 Å². The minimum absolute atomic E-state index is 0.244. The van der Waals surface area contributed by atoms with Crippen LogP contribution < -0.4 is 25.4 Å². The summed E-state index contributed by atoms with van der Waals surface area (Å²) in [6.45, 7) is 2.60. The van der Waals surface area contributed by atoms with E-state index in [1.807, 2.05) is 37.4 Å². The largest absolute Gasteiger partial charge is 0.494 e. The first kappa shape index (κ1) is 17.0. The second kappa shape index (κ2) is 6.68. The first-order chi connectivity index (χ1) is 13.1. The Labute approximate surface area is 157 Å². The number of ether oxygens (including phenoxy) is 2. The Morgan fingerprint density at radius 1 is 1.33 bits per heavy atom. The van der Waals surface area contributed by atoms with Crippen LogP contribution in [0.2, 0.25) is 0 Å². The van der Waals surface area contributed by atoms with Crippen LogP contribution in [0.15, 0.2) is 36.7 Å². The molecule has 0 fully saturated rings. The predicted molar refractivity (Wildman–Crippen MR) is 104 cm³/mol. The van der Waals surface area contributed by atoms with Gasteiger partial charge in [0.1, 0.15) is 17.1 Å². The molecule has 1 amide bonds. The third-order valence-electron chi connectivity index (χ3n) is 4.51. The summed E-state index contributed by atoms with van der Waals surface area (Å²) < 4.78 is 11.7. The summed E-state index contributed by atoms with van der Waals surface area (Å²) in [5.41, 5.74) is 4.34. The number of methoxy groups -OCH3 is 1. The maximum atomic E-state index is 12.4. The highest BCUT2D eigenvalue weighted by Gasteiger charge is 2.29. The van der Waals surface area contributed by atoms with Crippen molar-refractivity contribution in [1.29, 1.82) is 0 Å². The molecule has 7 heteroatoms. The number of nitrogens with one attached hydrogen (secondary N) is 3. The number of dihydropyridines is 1. The number of aryl methyl sites for hydroxylation is 1. The first-order valence-electron chi connectivity index (χ1n) is 8.60. The molecule has 0 unspecified atom stereocenters. The highest BCUT2D eigenvalue weighted by Crippen LogP contribution is 2.50. The molecule has 7 nitrogen and oxygen atoms in total. The molecule has 2 aromatic rings. The smallest absolute Gasteiger partial charge is 0.254 e. The molecule has 0 saturated heterocycles. The molecule has 2 aliphatic rings. The van der Waals surface area contributed by atoms with Crippen molar-refractivity contribution in [2.45, 2.75) is 6.92 Å². The van der Waals surface area contributed by atoms with E-state index in [0.29, 0.717) is 46.4 Å². The normalized spacial score (nSPS) is 14.0. The van der Waals surface area contributed by atoms with Gasteiger partial charge in [-0.2, -0.15) is 0 Å². The molecule has 1 aromatic heterocycles. The van der Waals surface area contributed by atoms with Gasteiger partial charge in [-0.1, -0.05) is 6.08 Å². The van der Waals surface area contributed by atoms with Crippen molar-refractivity contribution >= 4 is 22.9 Å². The van der Waals surface area contributed by atoms with Gasteiger partial charge < -0.3 is 25.4 Å². The zero-order valence-electron chi connectivity index (χ0n) is 15.3. The van der Waals surface area contributed by atoms with E-state index in [0.717, 1.165) is 11.1 Å². The number of benzene rings is 1.